The number of hydrogen-bond acceptors (Lipinski definition) is 5. The van der Waals surface area contributed by atoms with Crippen LogP contribution in [0.25, 0.3) is 0 Å². The number of ether oxygens (including phenoxy) is 1. The Balaban J connectivity index is 1.49. The number of hydrogen-bond donors (Lipinski definition) is 2. The molecule has 7 heteroatoms. The number of aliphatic hydroxyl groups excluding tert-OH is 2. The van der Waals surface area contributed by atoms with Crippen molar-refractivity contribution in [1.82, 2.24) is 9.80 Å². The van der Waals surface area contributed by atoms with E-state index in [4.69, 9.17) is 16.3 Å². The molecular weight excluding hydrogens is 368 g/mol. The van der Waals surface area contributed by atoms with E-state index >= 15 is 0 Å². The number of halogens is 1. The number of para-hydroxylation sites is 1. The van der Waals surface area contributed by atoms with Gasteiger partial charge in [-0.05, 0) is 49.9 Å². The average Bonchev–Trinajstić information content (AvgIpc) is 3.10. The minimum atomic E-state index is -0.0742. The highest BCUT2D eigenvalue weighted by Crippen LogP contribution is 2.27. The van der Waals surface area contributed by atoms with E-state index in [1.165, 1.54) is 0 Å². The van der Waals surface area contributed by atoms with Crippen molar-refractivity contribution in [3.63, 3.8) is 0 Å². The van der Waals surface area contributed by atoms with Crippen LogP contribution in [0.2, 0.25) is 5.02 Å². The Morgan fingerprint density at radius 2 is 1.81 bits per heavy atom. The number of carbonyl (C=O) groups excluding carboxylic acids is 1. The zero-order valence-corrected chi connectivity index (χ0v) is 16.4. The summed E-state index contributed by atoms with van der Waals surface area (Å²) in [5.41, 5.74) is 0. The van der Waals surface area contributed by atoms with Crippen molar-refractivity contribution in [1.29, 1.82) is 0 Å². The third kappa shape index (κ3) is 5.35. The smallest absolute Gasteiger partial charge is 0.260 e. The van der Waals surface area contributed by atoms with Gasteiger partial charge >= 0.3 is 0 Å². The van der Waals surface area contributed by atoms with E-state index in [2.05, 4.69) is 4.90 Å². The van der Waals surface area contributed by atoms with Gasteiger partial charge in [0, 0.05) is 38.8 Å². The van der Waals surface area contributed by atoms with Crippen LogP contribution in [0.15, 0.2) is 24.3 Å². The first-order valence-electron chi connectivity index (χ1n) is 9.70. The lowest BCUT2D eigenvalue weighted by Crippen LogP contribution is -2.40. The van der Waals surface area contributed by atoms with E-state index in [9.17, 15) is 15.0 Å². The second-order valence-electron chi connectivity index (χ2n) is 7.65. The van der Waals surface area contributed by atoms with E-state index in [0.29, 0.717) is 29.8 Å². The summed E-state index contributed by atoms with van der Waals surface area (Å²) in [5.74, 6) is 1.22. The van der Waals surface area contributed by atoms with E-state index in [1.54, 1.807) is 17.0 Å². The first-order chi connectivity index (χ1) is 13.1. The zero-order valence-electron chi connectivity index (χ0n) is 15.6. The molecule has 0 aromatic heterocycles. The Bertz CT molecular complexity index is 622. The summed E-state index contributed by atoms with van der Waals surface area (Å²) in [4.78, 5) is 16.7. The molecule has 1 amide bonds. The molecule has 0 unspecified atom stereocenters. The molecule has 0 saturated carbocycles. The lowest BCUT2D eigenvalue weighted by Gasteiger charge is -2.33. The molecule has 1 aromatic carbocycles. The van der Waals surface area contributed by atoms with Gasteiger partial charge < -0.3 is 24.7 Å². The van der Waals surface area contributed by atoms with Gasteiger partial charge in [-0.3, -0.25) is 4.79 Å². The minimum Gasteiger partial charge on any atom is -0.482 e. The largest absolute Gasteiger partial charge is 0.482 e. The fraction of sp³-hybridized carbons (Fsp3) is 0.650. The Labute approximate surface area is 165 Å². The van der Waals surface area contributed by atoms with Gasteiger partial charge in [0.2, 0.25) is 0 Å². The second-order valence-corrected chi connectivity index (χ2v) is 8.05. The summed E-state index contributed by atoms with van der Waals surface area (Å²) in [6.45, 7) is 4.37. The van der Waals surface area contributed by atoms with Crippen LogP contribution in [0.4, 0.5) is 0 Å². The molecule has 2 heterocycles. The molecule has 2 atom stereocenters. The summed E-state index contributed by atoms with van der Waals surface area (Å²) in [6, 6.07) is 7.11. The first kappa shape index (κ1) is 20.4. The fourth-order valence-electron chi connectivity index (χ4n) is 4.03. The number of amides is 1. The van der Waals surface area contributed by atoms with Crippen molar-refractivity contribution in [2.45, 2.75) is 12.8 Å². The third-order valence-corrected chi connectivity index (χ3v) is 6.12. The van der Waals surface area contributed by atoms with Crippen LogP contribution in [0.1, 0.15) is 12.8 Å². The maximum absolute atomic E-state index is 12.5. The second kappa shape index (κ2) is 9.73. The third-order valence-electron chi connectivity index (χ3n) is 5.81. The monoisotopic (exact) mass is 396 g/mol. The van der Waals surface area contributed by atoms with Crippen LogP contribution in [-0.2, 0) is 4.79 Å². The molecule has 150 valence electrons. The van der Waals surface area contributed by atoms with E-state index < -0.39 is 0 Å². The van der Waals surface area contributed by atoms with Gasteiger partial charge in [-0.1, -0.05) is 23.7 Å². The van der Waals surface area contributed by atoms with Crippen LogP contribution >= 0.6 is 11.6 Å². The van der Waals surface area contributed by atoms with Crippen molar-refractivity contribution in [3.05, 3.63) is 29.3 Å². The molecule has 0 radical (unpaired) electrons. The maximum atomic E-state index is 12.5. The summed E-state index contributed by atoms with van der Waals surface area (Å²) < 4.78 is 5.57. The Hall–Kier alpha value is -1.34. The summed E-state index contributed by atoms with van der Waals surface area (Å²) in [7, 11) is 0. The molecule has 0 aliphatic carbocycles. The standard InChI is InChI=1S/C20H29ClN2O4/c21-18-3-1-2-4-19(18)27-14-20(26)23-10-16(17(11-23)13-25)9-22-7-5-15(12-24)6-8-22/h1-4,15-17,24-25H,5-14H2/t16-,17-/m1/s1. The molecule has 2 saturated heterocycles. The van der Waals surface area contributed by atoms with Gasteiger partial charge in [-0.25, -0.2) is 0 Å². The summed E-state index contributed by atoms with van der Waals surface area (Å²) in [6.07, 6.45) is 2.03. The molecule has 0 spiro atoms. The lowest BCUT2D eigenvalue weighted by atomic mass is 9.93. The molecule has 2 N–H and O–H groups in total. The number of carbonyl (C=O) groups is 1. The highest BCUT2D eigenvalue weighted by Gasteiger charge is 2.36. The molecule has 2 aliphatic rings. The molecule has 3 rings (SSSR count). The SMILES string of the molecule is O=C(COc1ccccc1Cl)N1C[C@@H](CN2CCC(CO)CC2)[C@@H](CO)C1. The van der Waals surface area contributed by atoms with Gasteiger partial charge in [0.15, 0.2) is 6.61 Å². The number of nitrogens with zero attached hydrogens (tertiary/aromatic N) is 2. The first-order valence-corrected chi connectivity index (χ1v) is 10.1. The number of piperidine rings is 1. The highest BCUT2D eigenvalue weighted by atomic mass is 35.5. The van der Waals surface area contributed by atoms with Crippen LogP contribution in [0.5, 0.6) is 5.75 Å². The van der Waals surface area contributed by atoms with Crippen LogP contribution in [-0.4, -0.2) is 78.5 Å². The van der Waals surface area contributed by atoms with E-state index in [0.717, 1.165) is 32.5 Å². The predicted octanol–water partition coefficient (Wildman–Crippen LogP) is 1.49. The van der Waals surface area contributed by atoms with Crippen molar-refractivity contribution >= 4 is 17.5 Å². The number of aliphatic hydroxyl groups is 2. The Morgan fingerprint density at radius 3 is 2.48 bits per heavy atom. The maximum Gasteiger partial charge on any atom is 0.260 e. The van der Waals surface area contributed by atoms with Gasteiger partial charge in [0.1, 0.15) is 5.75 Å². The molecule has 2 fully saturated rings. The fourth-order valence-corrected chi connectivity index (χ4v) is 4.22. The minimum absolute atomic E-state index is 0.0451. The van der Waals surface area contributed by atoms with Crippen molar-refractivity contribution < 1.29 is 19.7 Å². The van der Waals surface area contributed by atoms with E-state index in [-0.39, 0.29) is 37.6 Å². The van der Waals surface area contributed by atoms with Gasteiger partial charge in [0.05, 0.1) is 5.02 Å². The molecule has 0 bridgehead atoms. The lowest BCUT2D eigenvalue weighted by molar-refractivity contribution is -0.132. The van der Waals surface area contributed by atoms with Crippen molar-refractivity contribution in [3.8, 4) is 5.75 Å². The topological polar surface area (TPSA) is 73.2 Å². The van der Waals surface area contributed by atoms with Crippen molar-refractivity contribution in [2.24, 2.45) is 17.8 Å². The quantitative estimate of drug-likeness (QED) is 0.730. The number of likely N-dealkylation sites (tertiary alicyclic amines) is 2. The zero-order chi connectivity index (χ0) is 19.2. The Morgan fingerprint density at radius 1 is 1.11 bits per heavy atom. The number of rotatable bonds is 7. The summed E-state index contributed by atoms with van der Waals surface area (Å²) >= 11 is 6.06. The normalized spacial score (nSPS) is 24.3. The predicted molar refractivity (Wildman–Crippen MR) is 104 cm³/mol. The molecule has 27 heavy (non-hydrogen) atoms. The van der Waals surface area contributed by atoms with Crippen LogP contribution in [0, 0.1) is 17.8 Å². The van der Waals surface area contributed by atoms with Crippen LogP contribution in [0.3, 0.4) is 0 Å². The van der Waals surface area contributed by atoms with E-state index in [1.807, 2.05) is 12.1 Å². The van der Waals surface area contributed by atoms with Gasteiger partial charge in [-0.15, -0.1) is 0 Å². The van der Waals surface area contributed by atoms with Crippen molar-refractivity contribution in [2.75, 3.05) is 52.5 Å². The van der Waals surface area contributed by atoms with Crippen LogP contribution < -0.4 is 4.74 Å². The molecular formula is C20H29ClN2O4. The van der Waals surface area contributed by atoms with Gasteiger partial charge in [0.25, 0.3) is 5.91 Å². The van der Waals surface area contributed by atoms with Gasteiger partial charge in [-0.2, -0.15) is 0 Å². The number of benzene rings is 1. The molecule has 2 aliphatic heterocycles. The highest BCUT2D eigenvalue weighted by molar-refractivity contribution is 6.32. The molecule has 1 aromatic rings. The Kier molecular flexibility index (Phi) is 7.35. The molecule has 6 nitrogen and oxygen atoms in total. The summed E-state index contributed by atoms with van der Waals surface area (Å²) in [5, 5.41) is 19.5. The average molecular weight is 397 g/mol.